The van der Waals surface area contributed by atoms with Crippen LogP contribution in [0.15, 0.2) is 22.7 Å². The van der Waals surface area contributed by atoms with Crippen molar-refractivity contribution in [3.05, 3.63) is 24.1 Å². The Morgan fingerprint density at radius 1 is 1.21 bits per heavy atom. The lowest BCUT2D eigenvalue weighted by atomic mass is 10.2. The van der Waals surface area contributed by atoms with Crippen LogP contribution in [0.2, 0.25) is 0 Å². The second kappa shape index (κ2) is 7.78. The summed E-state index contributed by atoms with van der Waals surface area (Å²) in [5.41, 5.74) is 0.709. The molecule has 0 radical (unpaired) electrons. The van der Waals surface area contributed by atoms with E-state index in [1.807, 2.05) is 18.0 Å². The number of amides is 1. The van der Waals surface area contributed by atoms with Gasteiger partial charge in [0.2, 0.25) is 17.6 Å². The fourth-order valence-corrected chi connectivity index (χ4v) is 2.07. The molecule has 0 aliphatic rings. The van der Waals surface area contributed by atoms with Gasteiger partial charge in [0.15, 0.2) is 0 Å². The third kappa shape index (κ3) is 4.23. The van der Waals surface area contributed by atoms with Crippen LogP contribution >= 0.6 is 0 Å². The van der Waals surface area contributed by atoms with Gasteiger partial charge in [-0.05, 0) is 19.2 Å². The molecule has 0 fully saturated rings. The minimum Gasteiger partial charge on any atom is -0.497 e. The van der Waals surface area contributed by atoms with Gasteiger partial charge in [0.25, 0.3) is 0 Å². The van der Waals surface area contributed by atoms with Crippen LogP contribution in [0.4, 0.5) is 0 Å². The molecule has 130 valence electrons. The van der Waals surface area contributed by atoms with E-state index in [0.717, 1.165) is 0 Å². The largest absolute Gasteiger partial charge is 0.497 e. The number of benzene rings is 1. The zero-order valence-corrected chi connectivity index (χ0v) is 14.6. The molecule has 0 bridgehead atoms. The number of hydrogen-bond acceptors (Lipinski definition) is 7. The van der Waals surface area contributed by atoms with Gasteiger partial charge in [-0.15, -0.1) is 0 Å². The minimum atomic E-state index is 0.00839. The van der Waals surface area contributed by atoms with Gasteiger partial charge in [-0.1, -0.05) is 5.16 Å². The number of hydrogen-bond donors (Lipinski definition) is 0. The highest BCUT2D eigenvalue weighted by molar-refractivity contribution is 5.77. The summed E-state index contributed by atoms with van der Waals surface area (Å²) in [5, 5.41) is 3.99. The Morgan fingerprint density at radius 3 is 2.58 bits per heavy atom. The molecular weight excluding hydrogens is 312 g/mol. The Kier molecular flexibility index (Phi) is 5.75. The van der Waals surface area contributed by atoms with Gasteiger partial charge >= 0.3 is 0 Å². The third-order valence-electron chi connectivity index (χ3n) is 3.43. The molecule has 1 heterocycles. The van der Waals surface area contributed by atoms with E-state index in [1.54, 1.807) is 40.4 Å². The average molecular weight is 334 g/mol. The zero-order chi connectivity index (χ0) is 17.7. The van der Waals surface area contributed by atoms with Crippen molar-refractivity contribution in [3.8, 4) is 22.9 Å². The number of methoxy groups -OCH3 is 2. The molecule has 0 aliphatic heterocycles. The van der Waals surface area contributed by atoms with Crippen molar-refractivity contribution < 1.29 is 18.8 Å². The number of ether oxygens (including phenoxy) is 2. The van der Waals surface area contributed by atoms with Gasteiger partial charge in [-0.25, -0.2) is 0 Å². The highest BCUT2D eigenvalue weighted by Crippen LogP contribution is 2.31. The van der Waals surface area contributed by atoms with Crippen molar-refractivity contribution in [1.29, 1.82) is 0 Å². The number of rotatable bonds is 7. The Bertz CT molecular complexity index is 699. The molecule has 0 saturated heterocycles. The molecular formula is C16H22N4O4. The number of aromatic nitrogens is 2. The van der Waals surface area contributed by atoms with Crippen LogP contribution in [0, 0.1) is 0 Å². The van der Waals surface area contributed by atoms with E-state index in [1.165, 1.54) is 4.90 Å². The standard InChI is InChI=1S/C16H22N4O4/c1-19(2)15(21)10-20(3)9-14-17-16(18-24-14)12-7-6-11(22-4)8-13(12)23-5/h6-8H,9-10H2,1-5H3. The molecule has 24 heavy (non-hydrogen) atoms. The summed E-state index contributed by atoms with van der Waals surface area (Å²) in [6, 6.07) is 5.37. The molecule has 8 heteroatoms. The Balaban J connectivity index is 2.12. The quantitative estimate of drug-likeness (QED) is 0.754. The topological polar surface area (TPSA) is 80.9 Å². The zero-order valence-electron chi connectivity index (χ0n) is 14.6. The van der Waals surface area contributed by atoms with Crippen LogP contribution in [-0.2, 0) is 11.3 Å². The van der Waals surface area contributed by atoms with Gasteiger partial charge in [-0.2, -0.15) is 4.98 Å². The number of carbonyl (C=O) groups excluding carboxylic acids is 1. The summed E-state index contributed by atoms with van der Waals surface area (Å²) < 4.78 is 15.8. The molecule has 0 atom stereocenters. The summed E-state index contributed by atoms with van der Waals surface area (Å²) in [5.74, 6) is 2.14. The first kappa shape index (κ1) is 17.7. The van der Waals surface area contributed by atoms with E-state index >= 15 is 0 Å². The van der Waals surface area contributed by atoms with Crippen molar-refractivity contribution in [3.63, 3.8) is 0 Å². The molecule has 1 aromatic carbocycles. The number of likely N-dealkylation sites (N-methyl/N-ethyl adjacent to an activating group) is 2. The summed E-state index contributed by atoms with van der Waals surface area (Å²) in [4.78, 5) is 19.4. The van der Waals surface area contributed by atoms with Crippen LogP contribution in [0.25, 0.3) is 11.4 Å². The summed E-state index contributed by atoms with van der Waals surface area (Å²) in [6.45, 7) is 0.654. The van der Waals surface area contributed by atoms with Crippen LogP contribution in [0.3, 0.4) is 0 Å². The Hall–Kier alpha value is -2.61. The predicted molar refractivity (Wildman–Crippen MR) is 87.9 cm³/mol. The molecule has 1 aromatic heterocycles. The molecule has 1 amide bonds. The Labute approximate surface area is 141 Å². The van der Waals surface area contributed by atoms with Gasteiger partial charge in [-0.3, -0.25) is 9.69 Å². The van der Waals surface area contributed by atoms with E-state index < -0.39 is 0 Å². The second-order valence-electron chi connectivity index (χ2n) is 5.54. The van der Waals surface area contributed by atoms with Crippen LogP contribution in [-0.4, -0.2) is 67.8 Å². The van der Waals surface area contributed by atoms with E-state index in [4.69, 9.17) is 14.0 Å². The van der Waals surface area contributed by atoms with Gasteiger partial charge in [0.05, 0.1) is 32.9 Å². The maximum absolute atomic E-state index is 11.7. The van der Waals surface area contributed by atoms with E-state index in [-0.39, 0.29) is 12.5 Å². The molecule has 2 aromatic rings. The normalized spacial score (nSPS) is 10.8. The summed E-state index contributed by atoms with van der Waals surface area (Å²) in [6.07, 6.45) is 0. The molecule has 0 unspecified atom stereocenters. The van der Waals surface area contributed by atoms with E-state index in [9.17, 15) is 4.79 Å². The molecule has 2 rings (SSSR count). The third-order valence-corrected chi connectivity index (χ3v) is 3.43. The predicted octanol–water partition coefficient (Wildman–Crippen LogP) is 1.27. The van der Waals surface area contributed by atoms with Crippen molar-refractivity contribution >= 4 is 5.91 Å². The van der Waals surface area contributed by atoms with Crippen molar-refractivity contribution in [2.24, 2.45) is 0 Å². The molecule has 0 N–H and O–H groups in total. The lowest BCUT2D eigenvalue weighted by Gasteiger charge is -2.16. The number of carbonyl (C=O) groups is 1. The van der Waals surface area contributed by atoms with Crippen LogP contribution < -0.4 is 9.47 Å². The lowest BCUT2D eigenvalue weighted by molar-refractivity contribution is -0.129. The monoisotopic (exact) mass is 334 g/mol. The first-order valence-corrected chi connectivity index (χ1v) is 7.38. The average Bonchev–Trinajstić information content (AvgIpc) is 3.01. The maximum atomic E-state index is 11.7. The summed E-state index contributed by atoms with van der Waals surface area (Å²) >= 11 is 0. The van der Waals surface area contributed by atoms with E-state index in [0.29, 0.717) is 35.3 Å². The number of nitrogens with zero attached hydrogens (tertiary/aromatic N) is 4. The minimum absolute atomic E-state index is 0.00839. The van der Waals surface area contributed by atoms with Gasteiger partial charge < -0.3 is 18.9 Å². The maximum Gasteiger partial charge on any atom is 0.241 e. The van der Waals surface area contributed by atoms with Gasteiger partial charge in [0, 0.05) is 20.2 Å². The van der Waals surface area contributed by atoms with Crippen molar-refractivity contribution in [2.45, 2.75) is 6.54 Å². The highest BCUT2D eigenvalue weighted by Gasteiger charge is 2.16. The Morgan fingerprint density at radius 2 is 1.96 bits per heavy atom. The fourth-order valence-electron chi connectivity index (χ4n) is 2.07. The van der Waals surface area contributed by atoms with Crippen molar-refractivity contribution in [2.75, 3.05) is 41.9 Å². The highest BCUT2D eigenvalue weighted by atomic mass is 16.5. The van der Waals surface area contributed by atoms with Crippen LogP contribution in [0.5, 0.6) is 11.5 Å². The van der Waals surface area contributed by atoms with Crippen molar-refractivity contribution in [1.82, 2.24) is 19.9 Å². The lowest BCUT2D eigenvalue weighted by Crippen LogP contribution is -2.34. The molecule has 0 saturated carbocycles. The second-order valence-corrected chi connectivity index (χ2v) is 5.54. The molecule has 0 spiro atoms. The van der Waals surface area contributed by atoms with Crippen LogP contribution in [0.1, 0.15) is 5.89 Å². The van der Waals surface area contributed by atoms with Gasteiger partial charge in [0.1, 0.15) is 11.5 Å². The SMILES string of the molecule is COc1ccc(-c2noc(CN(C)CC(=O)N(C)C)n2)c(OC)c1. The fraction of sp³-hybridized carbons (Fsp3) is 0.438. The first-order valence-electron chi connectivity index (χ1n) is 7.38. The molecule has 0 aliphatic carbocycles. The summed E-state index contributed by atoms with van der Waals surface area (Å²) in [7, 11) is 8.42. The smallest absolute Gasteiger partial charge is 0.241 e. The molecule has 8 nitrogen and oxygen atoms in total. The van der Waals surface area contributed by atoms with E-state index in [2.05, 4.69) is 10.1 Å². The first-order chi connectivity index (χ1) is 11.4.